The first kappa shape index (κ1) is 16.7. The van der Waals surface area contributed by atoms with Gasteiger partial charge in [0.15, 0.2) is 5.11 Å². The maximum atomic E-state index is 13.0. The molecule has 3 atom stereocenters. The fraction of sp³-hybridized carbons (Fsp3) is 0.500. The number of hydrazine groups is 1. The molecule has 5 rings (SSSR count). The van der Waals surface area contributed by atoms with Crippen LogP contribution in [-0.4, -0.2) is 5.11 Å². The Balaban J connectivity index is 1.41. The summed E-state index contributed by atoms with van der Waals surface area (Å²) in [5, 5.41) is 2.79. The summed E-state index contributed by atoms with van der Waals surface area (Å²) in [6.45, 7) is 0. The molecule has 4 bridgehead atoms. The molecule has 0 aromatic heterocycles. The van der Waals surface area contributed by atoms with Crippen LogP contribution in [0.1, 0.15) is 37.7 Å². The molecule has 4 aliphatic carbocycles. The number of hydrogen-bond acceptors (Lipinski definition) is 2. The number of anilines is 1. The Bertz CT molecular complexity index is 713. The highest BCUT2D eigenvalue weighted by atomic mass is 32.1. The van der Waals surface area contributed by atoms with E-state index in [1.54, 1.807) is 6.07 Å². The number of para-hydroxylation sites is 1. The van der Waals surface area contributed by atoms with Gasteiger partial charge in [-0.25, -0.2) is 0 Å². The van der Waals surface area contributed by atoms with E-state index in [2.05, 4.69) is 16.2 Å². The molecule has 0 radical (unpaired) electrons. The van der Waals surface area contributed by atoms with E-state index >= 15 is 0 Å². The highest BCUT2D eigenvalue weighted by Crippen LogP contribution is 2.52. The molecule has 0 spiro atoms. The van der Waals surface area contributed by atoms with Gasteiger partial charge >= 0.3 is 6.18 Å². The number of thiocarbonyl (C=S) groups is 1. The largest absolute Gasteiger partial charge is 0.418 e. The summed E-state index contributed by atoms with van der Waals surface area (Å²) in [4.78, 5) is 0. The van der Waals surface area contributed by atoms with Crippen LogP contribution in [0.3, 0.4) is 0 Å². The third-order valence-corrected chi connectivity index (χ3v) is 5.76. The van der Waals surface area contributed by atoms with Gasteiger partial charge in [0.2, 0.25) is 0 Å². The molecule has 2 saturated carbocycles. The molecule has 3 N–H and O–H groups in total. The molecular formula is C18H20F3N3S. The average Bonchev–Trinajstić information content (AvgIpc) is 2.53. The second kappa shape index (κ2) is 6.20. The monoisotopic (exact) mass is 367 g/mol. The SMILES string of the molecule is FC(F)(F)c1ccccc1NC(=S)NNC1=C2C[C@@H]3CC1C[C@H](C2)C3. The number of nitrogens with one attached hydrogen (secondary N) is 3. The molecule has 7 heteroatoms. The topological polar surface area (TPSA) is 36.1 Å². The lowest BCUT2D eigenvalue weighted by Gasteiger charge is -2.47. The quantitative estimate of drug-likeness (QED) is 0.539. The van der Waals surface area contributed by atoms with Gasteiger partial charge in [0.1, 0.15) is 0 Å². The van der Waals surface area contributed by atoms with Gasteiger partial charge in [0, 0.05) is 11.6 Å². The lowest BCUT2D eigenvalue weighted by atomic mass is 9.60. The van der Waals surface area contributed by atoms with Crippen LogP contribution in [0.25, 0.3) is 0 Å². The van der Waals surface area contributed by atoms with Crippen molar-refractivity contribution in [2.45, 2.75) is 38.3 Å². The first-order valence-electron chi connectivity index (χ1n) is 8.61. The molecule has 4 aliphatic rings. The second-order valence-corrected chi connectivity index (χ2v) is 7.72. The highest BCUT2D eigenvalue weighted by molar-refractivity contribution is 7.80. The summed E-state index contributed by atoms with van der Waals surface area (Å²) in [5.74, 6) is 2.18. The minimum atomic E-state index is -4.42. The van der Waals surface area contributed by atoms with E-state index in [0.29, 0.717) is 5.92 Å². The van der Waals surface area contributed by atoms with E-state index in [-0.39, 0.29) is 10.8 Å². The Morgan fingerprint density at radius 2 is 1.72 bits per heavy atom. The number of allylic oxidation sites excluding steroid dienone is 2. The Morgan fingerprint density at radius 3 is 2.36 bits per heavy atom. The Hall–Kier alpha value is -1.76. The summed E-state index contributed by atoms with van der Waals surface area (Å²) in [7, 11) is 0. The van der Waals surface area contributed by atoms with Gasteiger partial charge in [0.05, 0.1) is 11.3 Å². The van der Waals surface area contributed by atoms with Gasteiger partial charge in [-0.2, -0.15) is 13.2 Å². The van der Waals surface area contributed by atoms with Gasteiger partial charge in [-0.1, -0.05) is 12.1 Å². The molecule has 1 unspecified atom stereocenters. The maximum absolute atomic E-state index is 13.0. The number of halogens is 3. The molecule has 134 valence electrons. The zero-order chi connectivity index (χ0) is 17.6. The van der Waals surface area contributed by atoms with Gasteiger partial charge in [-0.15, -0.1) is 0 Å². The Labute approximate surface area is 150 Å². The summed E-state index contributed by atoms with van der Waals surface area (Å²) < 4.78 is 39.1. The third kappa shape index (κ3) is 3.34. The molecule has 0 aliphatic heterocycles. The lowest BCUT2D eigenvalue weighted by Crippen LogP contribution is -2.46. The molecule has 25 heavy (non-hydrogen) atoms. The van der Waals surface area contributed by atoms with Crippen molar-refractivity contribution in [2.75, 3.05) is 5.32 Å². The summed E-state index contributed by atoms with van der Waals surface area (Å²) >= 11 is 5.18. The van der Waals surface area contributed by atoms with Gasteiger partial charge in [-0.05, 0) is 73.9 Å². The average molecular weight is 367 g/mol. The summed E-state index contributed by atoms with van der Waals surface area (Å²) in [6.07, 6.45) is 1.65. The molecule has 0 saturated heterocycles. The van der Waals surface area contributed by atoms with Crippen LogP contribution in [0.2, 0.25) is 0 Å². The number of hydrogen-bond donors (Lipinski definition) is 3. The summed E-state index contributed by atoms with van der Waals surface area (Å²) in [5.41, 5.74) is 7.98. The molecular weight excluding hydrogens is 347 g/mol. The van der Waals surface area contributed by atoms with Crippen molar-refractivity contribution < 1.29 is 13.2 Å². The predicted molar refractivity (Wildman–Crippen MR) is 94.5 cm³/mol. The van der Waals surface area contributed by atoms with E-state index < -0.39 is 11.7 Å². The lowest BCUT2D eigenvalue weighted by molar-refractivity contribution is -0.136. The predicted octanol–water partition coefficient (Wildman–Crippen LogP) is 4.59. The van der Waals surface area contributed by atoms with Crippen LogP contribution in [0.4, 0.5) is 18.9 Å². The highest BCUT2D eigenvalue weighted by Gasteiger charge is 2.41. The molecule has 0 amide bonds. The van der Waals surface area contributed by atoms with Gasteiger partial charge in [-0.3, -0.25) is 5.43 Å². The first-order valence-corrected chi connectivity index (χ1v) is 9.02. The molecule has 2 fully saturated rings. The smallest absolute Gasteiger partial charge is 0.331 e. The van der Waals surface area contributed by atoms with Gasteiger partial charge in [0.25, 0.3) is 0 Å². The molecule has 1 aromatic rings. The van der Waals surface area contributed by atoms with Crippen LogP contribution in [-0.2, 0) is 6.18 Å². The minimum absolute atomic E-state index is 0.0444. The first-order chi connectivity index (χ1) is 11.9. The molecule has 3 nitrogen and oxygen atoms in total. The van der Waals surface area contributed by atoms with E-state index in [0.717, 1.165) is 30.7 Å². The van der Waals surface area contributed by atoms with Crippen LogP contribution in [0.5, 0.6) is 0 Å². The third-order valence-electron chi connectivity index (χ3n) is 5.55. The summed E-state index contributed by atoms with van der Waals surface area (Å²) in [6, 6.07) is 5.34. The van der Waals surface area contributed by atoms with Crippen molar-refractivity contribution in [3.05, 3.63) is 41.1 Å². The van der Waals surface area contributed by atoms with Crippen molar-refractivity contribution in [2.24, 2.45) is 17.8 Å². The van der Waals surface area contributed by atoms with Crippen molar-refractivity contribution in [3.63, 3.8) is 0 Å². The van der Waals surface area contributed by atoms with Crippen molar-refractivity contribution in [1.82, 2.24) is 10.9 Å². The number of benzene rings is 1. The second-order valence-electron chi connectivity index (χ2n) is 7.31. The Kier molecular flexibility index (Phi) is 4.14. The van der Waals surface area contributed by atoms with Crippen molar-refractivity contribution in [1.29, 1.82) is 0 Å². The zero-order valence-corrected chi connectivity index (χ0v) is 14.4. The van der Waals surface area contributed by atoms with E-state index in [1.165, 1.54) is 42.7 Å². The normalized spacial score (nSPS) is 27.4. The van der Waals surface area contributed by atoms with E-state index in [4.69, 9.17) is 12.2 Å². The van der Waals surface area contributed by atoms with E-state index in [1.807, 2.05) is 0 Å². The minimum Gasteiger partial charge on any atom is -0.331 e. The van der Waals surface area contributed by atoms with Crippen molar-refractivity contribution >= 4 is 23.0 Å². The molecule has 1 aromatic carbocycles. The van der Waals surface area contributed by atoms with Crippen LogP contribution in [0, 0.1) is 17.8 Å². The fourth-order valence-corrected chi connectivity index (χ4v) is 4.89. The standard InChI is InChI=1S/C18H20F3N3S/c19-18(20,21)14-3-1-2-4-15(14)22-17(25)24-23-16-12-6-10-5-11(8-12)9-13(16)7-10/h1-4,10-12,23H,5-9H2,(H2,22,24,25)/t10-,11+,12?. The van der Waals surface area contributed by atoms with Crippen LogP contribution >= 0.6 is 12.2 Å². The Morgan fingerprint density at radius 1 is 1.04 bits per heavy atom. The van der Waals surface area contributed by atoms with Crippen molar-refractivity contribution in [3.8, 4) is 0 Å². The van der Waals surface area contributed by atoms with Crippen LogP contribution < -0.4 is 16.2 Å². The van der Waals surface area contributed by atoms with E-state index in [9.17, 15) is 13.2 Å². The number of rotatable bonds is 3. The molecule has 0 heterocycles. The zero-order valence-electron chi connectivity index (χ0n) is 13.6. The van der Waals surface area contributed by atoms with Gasteiger partial charge < -0.3 is 10.7 Å². The fourth-order valence-electron chi connectivity index (χ4n) is 4.73. The number of alkyl halides is 3. The maximum Gasteiger partial charge on any atom is 0.418 e. The van der Waals surface area contributed by atoms with Crippen LogP contribution in [0.15, 0.2) is 35.5 Å².